The molecule has 0 unspecified atom stereocenters. The number of aromatic nitrogens is 3. The maximum atomic E-state index is 13.1. The van der Waals surface area contributed by atoms with Crippen LogP contribution in [-0.2, 0) is 23.2 Å². The number of carbonyl (C=O) groups is 2. The number of nitrogens with zero attached hydrogens (tertiary/aromatic N) is 4. The number of hydrogen-bond donors (Lipinski definition) is 1. The molecule has 2 aromatic heterocycles. The molecule has 29 heavy (non-hydrogen) atoms. The third-order valence-corrected chi connectivity index (χ3v) is 6.61. The van der Waals surface area contributed by atoms with Crippen LogP contribution in [0.25, 0.3) is 0 Å². The van der Waals surface area contributed by atoms with Gasteiger partial charge in [0.05, 0.1) is 17.6 Å². The summed E-state index contributed by atoms with van der Waals surface area (Å²) in [6.07, 6.45) is 7.68. The zero-order valence-electron chi connectivity index (χ0n) is 16.8. The van der Waals surface area contributed by atoms with E-state index in [2.05, 4.69) is 26.9 Å². The van der Waals surface area contributed by atoms with Gasteiger partial charge in [0.2, 0.25) is 5.91 Å². The molecule has 2 aromatic rings. The molecule has 1 saturated carbocycles. The van der Waals surface area contributed by atoms with Gasteiger partial charge in [0, 0.05) is 50.2 Å². The lowest BCUT2D eigenvalue weighted by atomic mass is 9.78. The topological polar surface area (TPSA) is 95.3 Å². The van der Waals surface area contributed by atoms with Gasteiger partial charge in [0.15, 0.2) is 5.69 Å². The lowest BCUT2D eigenvalue weighted by Gasteiger charge is -2.50. The fourth-order valence-corrected chi connectivity index (χ4v) is 4.88. The standard InChI is InChI=1S/C21H27N5O3/c1-2-3-15-12-17(24-29-15)20(28)25-10-7-21(8-11-25)18-16(22-13-23-18)6-9-26(21)19(27)14-4-5-14/h12-14H,2-11H2,1H3,(H,22,23). The van der Waals surface area contributed by atoms with Gasteiger partial charge in [-0.2, -0.15) is 0 Å². The summed E-state index contributed by atoms with van der Waals surface area (Å²) in [6.45, 7) is 3.95. The van der Waals surface area contributed by atoms with Crippen molar-refractivity contribution in [2.45, 2.75) is 57.4 Å². The van der Waals surface area contributed by atoms with Crippen LogP contribution in [0.3, 0.4) is 0 Å². The van der Waals surface area contributed by atoms with Crippen molar-refractivity contribution in [2.75, 3.05) is 19.6 Å². The molecule has 0 bridgehead atoms. The molecule has 2 amide bonds. The molecule has 4 heterocycles. The van der Waals surface area contributed by atoms with Crippen LogP contribution >= 0.6 is 0 Å². The van der Waals surface area contributed by atoms with Crippen molar-refractivity contribution < 1.29 is 14.1 Å². The van der Waals surface area contributed by atoms with Crippen molar-refractivity contribution in [1.29, 1.82) is 0 Å². The van der Waals surface area contributed by atoms with Gasteiger partial charge < -0.3 is 19.3 Å². The first kappa shape index (κ1) is 18.4. The lowest BCUT2D eigenvalue weighted by molar-refractivity contribution is -0.143. The Balaban J connectivity index is 1.36. The zero-order valence-corrected chi connectivity index (χ0v) is 16.8. The van der Waals surface area contributed by atoms with Gasteiger partial charge in [-0.15, -0.1) is 0 Å². The van der Waals surface area contributed by atoms with Gasteiger partial charge in [-0.3, -0.25) is 9.59 Å². The fourth-order valence-electron chi connectivity index (χ4n) is 4.88. The summed E-state index contributed by atoms with van der Waals surface area (Å²) < 4.78 is 5.28. The molecule has 8 nitrogen and oxygen atoms in total. The second-order valence-electron chi connectivity index (χ2n) is 8.50. The Morgan fingerprint density at radius 2 is 2.07 bits per heavy atom. The van der Waals surface area contributed by atoms with Crippen LogP contribution in [0.1, 0.15) is 66.7 Å². The Hall–Kier alpha value is -2.64. The Labute approximate surface area is 169 Å². The molecule has 2 aliphatic heterocycles. The van der Waals surface area contributed by atoms with E-state index in [1.165, 1.54) is 0 Å². The van der Waals surface area contributed by atoms with Crippen molar-refractivity contribution in [3.63, 3.8) is 0 Å². The number of fused-ring (bicyclic) bond motifs is 2. The number of aromatic amines is 1. The maximum absolute atomic E-state index is 13.1. The summed E-state index contributed by atoms with van der Waals surface area (Å²) >= 11 is 0. The number of H-pyrrole nitrogens is 1. The van der Waals surface area contributed by atoms with Crippen LogP contribution in [0.15, 0.2) is 16.9 Å². The molecular weight excluding hydrogens is 370 g/mol. The normalized spacial score (nSPS) is 20.7. The van der Waals surface area contributed by atoms with E-state index in [0.29, 0.717) is 31.6 Å². The van der Waals surface area contributed by atoms with Gasteiger partial charge in [0.1, 0.15) is 5.76 Å². The number of carbonyl (C=O) groups excluding carboxylic acids is 2. The Bertz CT molecular complexity index is 920. The third kappa shape index (κ3) is 3.05. The summed E-state index contributed by atoms with van der Waals surface area (Å²) in [4.78, 5) is 37.8. The van der Waals surface area contributed by atoms with Crippen molar-refractivity contribution in [2.24, 2.45) is 5.92 Å². The Morgan fingerprint density at radius 1 is 1.28 bits per heavy atom. The van der Waals surface area contributed by atoms with E-state index in [9.17, 15) is 9.59 Å². The van der Waals surface area contributed by atoms with Crippen molar-refractivity contribution in [3.8, 4) is 0 Å². The molecule has 5 rings (SSSR count). The van der Waals surface area contributed by atoms with Gasteiger partial charge >= 0.3 is 0 Å². The van der Waals surface area contributed by atoms with E-state index in [-0.39, 0.29) is 17.7 Å². The maximum Gasteiger partial charge on any atom is 0.276 e. The molecule has 0 radical (unpaired) electrons. The predicted octanol–water partition coefficient (Wildman–Crippen LogP) is 2.28. The van der Waals surface area contributed by atoms with E-state index >= 15 is 0 Å². The molecule has 3 aliphatic rings. The predicted molar refractivity (Wildman–Crippen MR) is 104 cm³/mol. The third-order valence-electron chi connectivity index (χ3n) is 6.61. The number of piperidine rings is 1. The summed E-state index contributed by atoms with van der Waals surface area (Å²) in [5.41, 5.74) is 2.10. The highest BCUT2D eigenvalue weighted by Gasteiger charge is 2.51. The van der Waals surface area contributed by atoms with E-state index in [1.54, 1.807) is 12.4 Å². The number of hydrogen-bond acceptors (Lipinski definition) is 5. The monoisotopic (exact) mass is 397 g/mol. The first-order valence-corrected chi connectivity index (χ1v) is 10.7. The van der Waals surface area contributed by atoms with Crippen molar-refractivity contribution >= 4 is 11.8 Å². The highest BCUT2D eigenvalue weighted by Crippen LogP contribution is 2.45. The van der Waals surface area contributed by atoms with Crippen LogP contribution in [0.2, 0.25) is 0 Å². The molecule has 2 fully saturated rings. The number of nitrogens with one attached hydrogen (secondary N) is 1. The quantitative estimate of drug-likeness (QED) is 0.854. The minimum absolute atomic E-state index is 0.0934. The lowest BCUT2D eigenvalue weighted by Crippen LogP contribution is -2.59. The van der Waals surface area contributed by atoms with Crippen LogP contribution in [0.4, 0.5) is 0 Å². The second kappa shape index (κ2) is 7.00. The highest BCUT2D eigenvalue weighted by molar-refractivity contribution is 5.92. The van der Waals surface area contributed by atoms with Crippen LogP contribution < -0.4 is 0 Å². The first-order chi connectivity index (χ1) is 14.1. The van der Waals surface area contributed by atoms with E-state index in [4.69, 9.17) is 4.52 Å². The second-order valence-corrected chi connectivity index (χ2v) is 8.50. The Morgan fingerprint density at radius 3 is 2.79 bits per heavy atom. The summed E-state index contributed by atoms with van der Waals surface area (Å²) in [5, 5.41) is 3.97. The van der Waals surface area contributed by atoms with E-state index in [0.717, 1.165) is 55.8 Å². The van der Waals surface area contributed by atoms with Crippen LogP contribution in [0.5, 0.6) is 0 Å². The molecule has 0 aromatic carbocycles. The molecule has 1 aliphatic carbocycles. The average Bonchev–Trinajstić information content (AvgIpc) is 3.28. The summed E-state index contributed by atoms with van der Waals surface area (Å²) in [6, 6.07) is 1.76. The minimum Gasteiger partial charge on any atom is -0.361 e. The van der Waals surface area contributed by atoms with Crippen LogP contribution in [-0.4, -0.2) is 56.4 Å². The van der Waals surface area contributed by atoms with Gasteiger partial charge in [-0.25, -0.2) is 4.98 Å². The fraction of sp³-hybridized carbons (Fsp3) is 0.619. The smallest absolute Gasteiger partial charge is 0.276 e. The van der Waals surface area contributed by atoms with E-state index < -0.39 is 5.54 Å². The number of rotatable bonds is 4. The summed E-state index contributed by atoms with van der Waals surface area (Å²) in [7, 11) is 0. The number of amides is 2. The molecule has 154 valence electrons. The van der Waals surface area contributed by atoms with Gasteiger partial charge in [0.25, 0.3) is 5.91 Å². The molecule has 0 atom stereocenters. The van der Waals surface area contributed by atoms with Gasteiger partial charge in [-0.05, 0) is 32.1 Å². The van der Waals surface area contributed by atoms with Gasteiger partial charge in [-0.1, -0.05) is 12.1 Å². The highest BCUT2D eigenvalue weighted by atomic mass is 16.5. The van der Waals surface area contributed by atoms with Crippen molar-refractivity contribution in [3.05, 3.63) is 35.2 Å². The molecule has 8 heteroatoms. The molecule has 1 saturated heterocycles. The number of likely N-dealkylation sites (tertiary alicyclic amines) is 1. The molecule has 1 spiro atoms. The Kier molecular flexibility index (Phi) is 4.44. The summed E-state index contributed by atoms with van der Waals surface area (Å²) in [5.74, 6) is 1.10. The van der Waals surface area contributed by atoms with Crippen LogP contribution in [0, 0.1) is 5.92 Å². The van der Waals surface area contributed by atoms with Crippen molar-refractivity contribution in [1.82, 2.24) is 24.9 Å². The first-order valence-electron chi connectivity index (χ1n) is 10.7. The zero-order chi connectivity index (χ0) is 20.0. The number of imidazole rings is 1. The number of aryl methyl sites for hydroxylation is 1. The molecular formula is C21H27N5O3. The van der Waals surface area contributed by atoms with E-state index in [1.807, 2.05) is 4.90 Å². The average molecular weight is 397 g/mol. The minimum atomic E-state index is -0.402. The molecule has 1 N–H and O–H groups in total. The largest absolute Gasteiger partial charge is 0.361 e. The SMILES string of the molecule is CCCc1cc(C(=O)N2CCC3(CC2)c2nc[nH]c2CCN3C(=O)C2CC2)no1.